The second-order valence-electron chi connectivity index (χ2n) is 7.16. The molecule has 3 nitrogen and oxygen atoms in total. The molecule has 0 N–H and O–H groups in total. The summed E-state index contributed by atoms with van der Waals surface area (Å²) in [4.78, 5) is 27.1. The molecule has 0 bridgehead atoms. The molecule has 0 saturated carbocycles. The molecule has 2 aromatic rings. The van der Waals surface area contributed by atoms with Crippen molar-refractivity contribution >= 4 is 23.0 Å². The van der Waals surface area contributed by atoms with Crippen LogP contribution in [0, 0.1) is 5.41 Å². The van der Waals surface area contributed by atoms with Gasteiger partial charge in [-0.15, -0.1) is 6.58 Å². The molecule has 1 aliphatic rings. The third kappa shape index (κ3) is 3.01. The monoisotopic (exact) mass is 345 g/mol. The Morgan fingerprint density at radius 2 is 1.65 bits per heavy atom. The van der Waals surface area contributed by atoms with Crippen LogP contribution in [0.5, 0.6) is 0 Å². The van der Waals surface area contributed by atoms with Crippen molar-refractivity contribution in [2.45, 2.75) is 26.8 Å². The number of allylic oxidation sites excluding steroid dienone is 1. The molecule has 0 radical (unpaired) electrons. The lowest BCUT2D eigenvalue weighted by Gasteiger charge is -2.36. The molecule has 2 aromatic carbocycles. The number of carbonyl (C=O) groups is 2. The standard InChI is InChI=1S/C23H23NO2/c1-5-23(3,4)22-19(15-21(26)17-11-7-6-8-12-17)18-13-9-10-14-20(18)24(22)16(2)25/h5-15,22H,1H2,2-4H3/b19-15+. The average Bonchev–Trinajstić information content (AvgIpc) is 2.98. The lowest BCUT2D eigenvalue weighted by molar-refractivity contribution is -0.117. The van der Waals surface area contributed by atoms with Crippen molar-refractivity contribution in [2.75, 3.05) is 4.90 Å². The number of carbonyl (C=O) groups excluding carboxylic acids is 2. The molecule has 0 spiro atoms. The van der Waals surface area contributed by atoms with Crippen molar-refractivity contribution < 1.29 is 9.59 Å². The maximum Gasteiger partial charge on any atom is 0.224 e. The summed E-state index contributed by atoms with van der Waals surface area (Å²) < 4.78 is 0. The lowest BCUT2D eigenvalue weighted by Crippen LogP contribution is -2.44. The van der Waals surface area contributed by atoms with E-state index < -0.39 is 5.41 Å². The Balaban J connectivity index is 2.20. The predicted molar refractivity (Wildman–Crippen MR) is 106 cm³/mol. The van der Waals surface area contributed by atoms with Gasteiger partial charge in [-0.2, -0.15) is 0 Å². The van der Waals surface area contributed by atoms with Gasteiger partial charge in [0.25, 0.3) is 0 Å². The fourth-order valence-electron chi connectivity index (χ4n) is 3.53. The zero-order valence-corrected chi connectivity index (χ0v) is 15.4. The number of hydrogen-bond donors (Lipinski definition) is 0. The Morgan fingerprint density at radius 3 is 2.27 bits per heavy atom. The summed E-state index contributed by atoms with van der Waals surface area (Å²) in [6.45, 7) is 9.59. The summed E-state index contributed by atoms with van der Waals surface area (Å²) in [5.74, 6) is -0.112. The van der Waals surface area contributed by atoms with Crippen LogP contribution in [0.15, 0.2) is 73.3 Å². The number of benzene rings is 2. The first kappa shape index (κ1) is 17.9. The van der Waals surface area contributed by atoms with Crippen LogP contribution in [0.1, 0.15) is 36.7 Å². The van der Waals surface area contributed by atoms with Gasteiger partial charge in [-0.05, 0) is 17.7 Å². The van der Waals surface area contributed by atoms with Crippen LogP contribution in [-0.4, -0.2) is 17.7 Å². The minimum atomic E-state index is -0.395. The van der Waals surface area contributed by atoms with Crippen LogP contribution >= 0.6 is 0 Å². The molecule has 3 heteroatoms. The van der Waals surface area contributed by atoms with E-state index in [1.807, 2.05) is 62.4 Å². The van der Waals surface area contributed by atoms with E-state index in [4.69, 9.17) is 0 Å². The van der Waals surface area contributed by atoms with Crippen molar-refractivity contribution in [1.29, 1.82) is 0 Å². The van der Waals surface area contributed by atoms with Crippen LogP contribution < -0.4 is 4.90 Å². The Morgan fingerprint density at radius 1 is 1.04 bits per heavy atom. The Bertz CT molecular complexity index is 893. The summed E-state index contributed by atoms with van der Waals surface area (Å²) in [6, 6.07) is 16.6. The molecule has 1 heterocycles. The normalized spacial score (nSPS) is 17.9. The van der Waals surface area contributed by atoms with Gasteiger partial charge in [-0.25, -0.2) is 0 Å². The van der Waals surface area contributed by atoms with Crippen LogP contribution in [0.2, 0.25) is 0 Å². The van der Waals surface area contributed by atoms with Crippen molar-refractivity contribution in [3.05, 3.63) is 84.5 Å². The smallest absolute Gasteiger partial charge is 0.224 e. The summed E-state index contributed by atoms with van der Waals surface area (Å²) in [7, 11) is 0. The Kier molecular flexibility index (Phi) is 4.64. The molecular weight excluding hydrogens is 322 g/mol. The fourth-order valence-corrected chi connectivity index (χ4v) is 3.53. The van der Waals surface area contributed by atoms with E-state index in [1.54, 1.807) is 30.0 Å². The molecule has 0 aliphatic carbocycles. The lowest BCUT2D eigenvalue weighted by atomic mass is 9.79. The van der Waals surface area contributed by atoms with Gasteiger partial charge in [-0.1, -0.05) is 68.5 Å². The van der Waals surface area contributed by atoms with E-state index in [9.17, 15) is 9.59 Å². The third-order valence-electron chi connectivity index (χ3n) is 4.94. The van der Waals surface area contributed by atoms with Crippen molar-refractivity contribution in [3.8, 4) is 0 Å². The third-order valence-corrected chi connectivity index (χ3v) is 4.94. The van der Waals surface area contributed by atoms with Gasteiger partial charge in [0.05, 0.1) is 11.7 Å². The number of fused-ring (bicyclic) bond motifs is 1. The van der Waals surface area contributed by atoms with Crippen molar-refractivity contribution in [3.63, 3.8) is 0 Å². The van der Waals surface area contributed by atoms with Gasteiger partial charge in [-0.3, -0.25) is 9.59 Å². The average molecular weight is 345 g/mol. The molecule has 1 amide bonds. The molecule has 26 heavy (non-hydrogen) atoms. The quantitative estimate of drug-likeness (QED) is 0.449. The van der Waals surface area contributed by atoms with Gasteiger partial charge >= 0.3 is 0 Å². The van der Waals surface area contributed by atoms with Crippen LogP contribution in [0.3, 0.4) is 0 Å². The number of rotatable bonds is 4. The van der Waals surface area contributed by atoms with E-state index in [-0.39, 0.29) is 17.7 Å². The maximum absolute atomic E-state index is 12.8. The molecule has 0 saturated heterocycles. The highest BCUT2D eigenvalue weighted by Crippen LogP contribution is 2.47. The summed E-state index contributed by atoms with van der Waals surface area (Å²) in [5.41, 5.74) is 2.86. The minimum absolute atomic E-state index is 0.0482. The topological polar surface area (TPSA) is 37.4 Å². The zero-order valence-electron chi connectivity index (χ0n) is 15.4. The summed E-state index contributed by atoms with van der Waals surface area (Å²) in [6.07, 6.45) is 3.52. The number of amides is 1. The van der Waals surface area contributed by atoms with E-state index >= 15 is 0 Å². The van der Waals surface area contributed by atoms with Crippen LogP contribution in [0.4, 0.5) is 5.69 Å². The molecule has 1 atom stereocenters. The maximum atomic E-state index is 12.8. The van der Waals surface area contributed by atoms with E-state index in [1.165, 1.54) is 0 Å². The number of anilines is 1. The van der Waals surface area contributed by atoms with E-state index in [0.29, 0.717) is 5.56 Å². The number of hydrogen-bond acceptors (Lipinski definition) is 2. The second kappa shape index (κ2) is 6.75. The SMILES string of the molecule is C=CC(C)(C)C1/C(=C/C(=O)c2ccccc2)c2ccccc2N1C(C)=O. The van der Waals surface area contributed by atoms with Crippen molar-refractivity contribution in [1.82, 2.24) is 0 Å². The van der Waals surface area contributed by atoms with Crippen molar-refractivity contribution in [2.24, 2.45) is 5.41 Å². The highest BCUT2D eigenvalue weighted by Gasteiger charge is 2.43. The van der Waals surface area contributed by atoms with Gasteiger partial charge in [0.1, 0.15) is 0 Å². The predicted octanol–water partition coefficient (Wildman–Crippen LogP) is 4.90. The second-order valence-corrected chi connectivity index (χ2v) is 7.16. The zero-order chi connectivity index (χ0) is 18.9. The fraction of sp³-hybridized carbons (Fsp3) is 0.217. The molecule has 3 rings (SSSR count). The summed E-state index contributed by atoms with van der Waals surface area (Å²) in [5, 5.41) is 0. The van der Waals surface area contributed by atoms with Gasteiger partial charge < -0.3 is 4.90 Å². The van der Waals surface area contributed by atoms with Gasteiger partial charge in [0, 0.05) is 23.5 Å². The number of para-hydroxylation sites is 1. The Hall–Kier alpha value is -2.94. The highest BCUT2D eigenvalue weighted by atomic mass is 16.2. The first-order valence-electron chi connectivity index (χ1n) is 8.70. The molecule has 132 valence electrons. The Labute approximate surface area is 154 Å². The molecule has 0 fully saturated rings. The highest BCUT2D eigenvalue weighted by molar-refractivity contribution is 6.13. The van der Waals surface area contributed by atoms with E-state index in [0.717, 1.165) is 16.8 Å². The molecule has 1 aliphatic heterocycles. The first-order valence-corrected chi connectivity index (χ1v) is 8.70. The van der Waals surface area contributed by atoms with Crippen LogP contribution in [-0.2, 0) is 4.79 Å². The number of nitrogens with zero attached hydrogens (tertiary/aromatic N) is 1. The summed E-state index contributed by atoms with van der Waals surface area (Å²) >= 11 is 0. The minimum Gasteiger partial charge on any atom is -0.304 e. The van der Waals surface area contributed by atoms with E-state index in [2.05, 4.69) is 6.58 Å². The molecule has 1 unspecified atom stereocenters. The van der Waals surface area contributed by atoms with Crippen LogP contribution in [0.25, 0.3) is 5.57 Å². The first-order chi connectivity index (χ1) is 12.4. The number of ketones is 1. The largest absolute Gasteiger partial charge is 0.304 e. The molecule has 0 aromatic heterocycles. The van der Waals surface area contributed by atoms with Gasteiger partial charge in [0.15, 0.2) is 5.78 Å². The van der Waals surface area contributed by atoms with Gasteiger partial charge in [0.2, 0.25) is 5.91 Å². The molecular formula is C23H23NO2.